The lowest BCUT2D eigenvalue weighted by Gasteiger charge is -2.11. The zero-order valence-electron chi connectivity index (χ0n) is 9.47. The molecule has 1 heterocycles. The van der Waals surface area contributed by atoms with E-state index in [2.05, 4.69) is 4.98 Å². The number of nitrogens with one attached hydrogen (secondary N) is 1. The lowest BCUT2D eigenvalue weighted by atomic mass is 10.2. The molecule has 0 radical (unpaired) electrons. The van der Waals surface area contributed by atoms with E-state index in [-0.39, 0.29) is 10.6 Å². The number of hydrogen-bond acceptors (Lipinski definition) is 4. The topological polar surface area (TPSA) is 85.1 Å². The minimum Gasteiger partial charge on any atom is -0.397 e. The smallest absolute Gasteiger partial charge is 0.263 e. The Morgan fingerprint density at radius 2 is 1.95 bits per heavy atom. The number of nitrogens with zero attached hydrogens (tertiary/aromatic N) is 1. The number of hydrogen-bond donors (Lipinski definition) is 2. The van der Waals surface area contributed by atoms with Crippen molar-refractivity contribution in [2.45, 2.75) is 4.90 Å². The fraction of sp³-hybridized carbons (Fsp3) is 0. The van der Waals surface area contributed by atoms with Crippen molar-refractivity contribution in [3.05, 3.63) is 48.3 Å². The van der Waals surface area contributed by atoms with Gasteiger partial charge in [0.2, 0.25) is 0 Å². The van der Waals surface area contributed by atoms with Crippen molar-refractivity contribution in [2.75, 3.05) is 10.5 Å². The molecule has 0 atom stereocenters. The Hall–Kier alpha value is -2.22. The number of aromatic nitrogens is 1. The quantitative estimate of drug-likeness (QED) is 0.841. The number of benzene rings is 1. The van der Waals surface area contributed by atoms with Crippen LogP contribution in [0.2, 0.25) is 0 Å². The summed E-state index contributed by atoms with van der Waals surface area (Å²) in [7, 11) is -4.07. The molecule has 0 saturated heterocycles. The van der Waals surface area contributed by atoms with Crippen LogP contribution in [0.25, 0.3) is 0 Å². The van der Waals surface area contributed by atoms with E-state index in [0.29, 0.717) is 0 Å². The van der Waals surface area contributed by atoms with Crippen LogP contribution in [0.5, 0.6) is 0 Å². The van der Waals surface area contributed by atoms with E-state index in [9.17, 15) is 17.2 Å². The highest BCUT2D eigenvalue weighted by Gasteiger charge is 2.20. The molecule has 2 aromatic rings. The Morgan fingerprint density at radius 3 is 2.58 bits per heavy atom. The summed E-state index contributed by atoms with van der Waals surface area (Å²) < 4.78 is 52.3. The Kier molecular flexibility index (Phi) is 3.34. The summed E-state index contributed by atoms with van der Waals surface area (Å²) in [4.78, 5) is 3.45. The van der Waals surface area contributed by atoms with Crippen LogP contribution in [0.4, 0.5) is 20.2 Å². The van der Waals surface area contributed by atoms with E-state index in [0.717, 1.165) is 18.3 Å². The molecule has 0 fully saturated rings. The molecule has 8 heteroatoms. The van der Waals surface area contributed by atoms with Gasteiger partial charge in [-0.1, -0.05) is 0 Å². The van der Waals surface area contributed by atoms with Crippen LogP contribution >= 0.6 is 0 Å². The van der Waals surface area contributed by atoms with E-state index in [4.69, 9.17) is 5.73 Å². The fourth-order valence-electron chi connectivity index (χ4n) is 1.37. The minimum atomic E-state index is -4.07. The third-order valence-corrected chi connectivity index (χ3v) is 3.64. The second-order valence-corrected chi connectivity index (χ2v) is 5.30. The first-order chi connectivity index (χ1) is 8.92. The maximum atomic E-state index is 13.5. The highest BCUT2D eigenvalue weighted by atomic mass is 32.2. The number of sulfonamides is 1. The van der Waals surface area contributed by atoms with Crippen molar-refractivity contribution < 1.29 is 17.2 Å². The van der Waals surface area contributed by atoms with Crippen LogP contribution in [-0.2, 0) is 10.0 Å². The molecule has 100 valence electrons. The molecule has 19 heavy (non-hydrogen) atoms. The first-order valence-electron chi connectivity index (χ1n) is 5.08. The van der Waals surface area contributed by atoms with Gasteiger partial charge in [0.05, 0.1) is 5.69 Å². The molecule has 2 rings (SSSR count). The fourth-order valence-corrected chi connectivity index (χ4v) is 2.42. The Labute approximate surface area is 108 Å². The van der Waals surface area contributed by atoms with E-state index in [1.807, 2.05) is 4.72 Å². The molecule has 1 aromatic carbocycles. The standard InChI is InChI=1S/C11H9F2N3O2S/c12-8-3-4-9(14)11(10(8)13)16-19(17,18)7-2-1-5-15-6-7/h1-6,16H,14H2. The van der Waals surface area contributed by atoms with Gasteiger partial charge in [0, 0.05) is 12.4 Å². The van der Waals surface area contributed by atoms with Crippen LogP contribution in [0.3, 0.4) is 0 Å². The highest BCUT2D eigenvalue weighted by molar-refractivity contribution is 7.92. The van der Waals surface area contributed by atoms with Gasteiger partial charge in [-0.15, -0.1) is 0 Å². The van der Waals surface area contributed by atoms with E-state index in [1.54, 1.807) is 0 Å². The Bertz CT molecular complexity index is 705. The van der Waals surface area contributed by atoms with Gasteiger partial charge in [-0.05, 0) is 24.3 Å². The number of pyridine rings is 1. The minimum absolute atomic E-state index is 0.182. The maximum absolute atomic E-state index is 13.5. The monoisotopic (exact) mass is 285 g/mol. The molecule has 0 amide bonds. The van der Waals surface area contributed by atoms with Gasteiger partial charge < -0.3 is 5.73 Å². The van der Waals surface area contributed by atoms with Crippen LogP contribution in [0, 0.1) is 11.6 Å². The predicted octanol–water partition coefficient (Wildman–Crippen LogP) is 1.74. The van der Waals surface area contributed by atoms with Crippen molar-refractivity contribution in [2.24, 2.45) is 0 Å². The van der Waals surface area contributed by atoms with Crippen molar-refractivity contribution in [3.8, 4) is 0 Å². The average molecular weight is 285 g/mol. The van der Waals surface area contributed by atoms with Gasteiger partial charge in [0.25, 0.3) is 10.0 Å². The van der Waals surface area contributed by atoms with Gasteiger partial charge >= 0.3 is 0 Å². The molecule has 0 aliphatic carbocycles. The van der Waals surface area contributed by atoms with Crippen LogP contribution in [0.1, 0.15) is 0 Å². The predicted molar refractivity (Wildman–Crippen MR) is 65.8 cm³/mol. The zero-order valence-corrected chi connectivity index (χ0v) is 10.3. The van der Waals surface area contributed by atoms with E-state index in [1.165, 1.54) is 18.3 Å². The first kappa shape index (κ1) is 13.2. The van der Waals surface area contributed by atoms with Crippen LogP contribution in [0.15, 0.2) is 41.6 Å². The molecule has 5 nitrogen and oxygen atoms in total. The third kappa shape index (κ3) is 2.63. The molecule has 1 aromatic heterocycles. The van der Waals surface area contributed by atoms with Gasteiger partial charge in [0.1, 0.15) is 10.6 Å². The molecular weight excluding hydrogens is 276 g/mol. The van der Waals surface area contributed by atoms with Gasteiger partial charge in [0.15, 0.2) is 11.6 Å². The lowest BCUT2D eigenvalue weighted by molar-refractivity contribution is 0.512. The number of anilines is 2. The Balaban J connectivity index is 2.45. The normalized spacial score (nSPS) is 11.3. The van der Waals surface area contributed by atoms with Crippen molar-refractivity contribution in [3.63, 3.8) is 0 Å². The second-order valence-electron chi connectivity index (χ2n) is 3.62. The number of nitrogen functional groups attached to an aromatic ring is 1. The largest absolute Gasteiger partial charge is 0.397 e. The van der Waals surface area contributed by atoms with Crippen molar-refractivity contribution in [1.82, 2.24) is 4.98 Å². The van der Waals surface area contributed by atoms with Gasteiger partial charge in [-0.2, -0.15) is 0 Å². The third-order valence-electron chi connectivity index (χ3n) is 2.31. The molecular formula is C11H9F2N3O2S. The summed E-state index contributed by atoms with van der Waals surface area (Å²) in [5.74, 6) is -2.55. The van der Waals surface area contributed by atoms with E-state index >= 15 is 0 Å². The molecule has 3 N–H and O–H groups in total. The van der Waals surface area contributed by atoms with Gasteiger partial charge in [-0.3, -0.25) is 9.71 Å². The average Bonchev–Trinajstić information content (AvgIpc) is 2.40. The molecule has 0 spiro atoms. The number of rotatable bonds is 3. The Morgan fingerprint density at radius 1 is 1.21 bits per heavy atom. The summed E-state index contributed by atoms with van der Waals surface area (Å²) >= 11 is 0. The number of halogens is 2. The molecule has 0 saturated carbocycles. The summed E-state index contributed by atoms with van der Waals surface area (Å²) in [5, 5.41) is 0. The second kappa shape index (κ2) is 4.81. The van der Waals surface area contributed by atoms with Crippen molar-refractivity contribution in [1.29, 1.82) is 0 Å². The van der Waals surface area contributed by atoms with Crippen LogP contribution < -0.4 is 10.5 Å². The SMILES string of the molecule is Nc1ccc(F)c(F)c1NS(=O)(=O)c1cccnc1. The van der Waals surface area contributed by atoms with Crippen LogP contribution in [-0.4, -0.2) is 13.4 Å². The first-order valence-corrected chi connectivity index (χ1v) is 6.56. The lowest BCUT2D eigenvalue weighted by Crippen LogP contribution is -2.16. The summed E-state index contributed by atoms with van der Waals surface area (Å²) in [5.41, 5.74) is 4.59. The molecule has 0 bridgehead atoms. The highest BCUT2D eigenvalue weighted by Crippen LogP contribution is 2.26. The number of nitrogens with two attached hydrogens (primary N) is 1. The van der Waals surface area contributed by atoms with E-state index < -0.39 is 27.3 Å². The summed E-state index contributed by atoms with van der Waals surface area (Å²) in [6.07, 6.45) is 2.46. The molecule has 0 unspecified atom stereocenters. The molecule has 0 aliphatic heterocycles. The maximum Gasteiger partial charge on any atom is 0.263 e. The van der Waals surface area contributed by atoms with Gasteiger partial charge in [-0.25, -0.2) is 17.2 Å². The van der Waals surface area contributed by atoms with Crippen molar-refractivity contribution >= 4 is 21.4 Å². The zero-order chi connectivity index (χ0) is 14.0. The summed E-state index contributed by atoms with van der Waals surface area (Å²) in [6.45, 7) is 0. The summed E-state index contributed by atoms with van der Waals surface area (Å²) in [6, 6.07) is 4.55. The molecule has 0 aliphatic rings.